The average Bonchev–Trinajstić information content (AvgIpc) is 2.93. The van der Waals surface area contributed by atoms with Crippen LogP contribution >= 0.6 is 11.8 Å². The Kier molecular flexibility index (Phi) is 3.05. The molecule has 1 aliphatic heterocycles. The standard InChI is InChI=1S/C11H16N4OS/c1-7-14-10(15-16-7)4-5-12-11-13-6-9(17-11)8-2-3-8/h8-9H,2-6H2,1H3,(H,12,13). The molecule has 2 aliphatic rings. The second-order valence-electron chi connectivity index (χ2n) is 4.55. The molecule has 6 heteroatoms. The van der Waals surface area contributed by atoms with Gasteiger partial charge in [-0.25, -0.2) is 0 Å². The van der Waals surface area contributed by atoms with Crippen molar-refractivity contribution in [1.82, 2.24) is 15.5 Å². The Morgan fingerprint density at radius 3 is 3.06 bits per heavy atom. The summed E-state index contributed by atoms with van der Waals surface area (Å²) in [5.74, 6) is 2.31. The van der Waals surface area contributed by atoms with Crippen molar-refractivity contribution in [2.24, 2.45) is 10.9 Å². The summed E-state index contributed by atoms with van der Waals surface area (Å²) < 4.78 is 4.92. The Hall–Kier alpha value is -1.04. The molecule has 2 heterocycles. The van der Waals surface area contributed by atoms with E-state index in [1.807, 2.05) is 11.8 Å². The summed E-state index contributed by atoms with van der Waals surface area (Å²) >= 11 is 1.90. The van der Waals surface area contributed by atoms with Gasteiger partial charge in [0.25, 0.3) is 0 Å². The van der Waals surface area contributed by atoms with Gasteiger partial charge in [0, 0.05) is 25.1 Å². The second kappa shape index (κ2) is 4.68. The number of nitrogens with zero attached hydrogens (tertiary/aromatic N) is 3. The van der Waals surface area contributed by atoms with Gasteiger partial charge >= 0.3 is 0 Å². The molecule has 1 aromatic rings. The molecule has 0 amide bonds. The molecule has 1 aliphatic carbocycles. The lowest BCUT2D eigenvalue weighted by molar-refractivity contribution is 0.387. The molecule has 0 saturated heterocycles. The van der Waals surface area contributed by atoms with Crippen LogP contribution in [-0.2, 0) is 6.42 Å². The maximum absolute atomic E-state index is 4.92. The molecule has 1 atom stereocenters. The minimum absolute atomic E-state index is 0.626. The van der Waals surface area contributed by atoms with Gasteiger partial charge in [-0.15, -0.1) is 0 Å². The van der Waals surface area contributed by atoms with Gasteiger partial charge in [-0.1, -0.05) is 16.9 Å². The number of hydrogen-bond donors (Lipinski definition) is 1. The van der Waals surface area contributed by atoms with E-state index < -0.39 is 0 Å². The molecule has 0 aromatic carbocycles. The van der Waals surface area contributed by atoms with Crippen LogP contribution in [0.15, 0.2) is 9.52 Å². The second-order valence-corrected chi connectivity index (χ2v) is 5.77. The van der Waals surface area contributed by atoms with Gasteiger partial charge in [-0.2, -0.15) is 4.98 Å². The zero-order valence-corrected chi connectivity index (χ0v) is 10.7. The first-order valence-electron chi connectivity index (χ1n) is 6.05. The molecule has 92 valence electrons. The summed E-state index contributed by atoms with van der Waals surface area (Å²) in [5, 5.41) is 9.02. The summed E-state index contributed by atoms with van der Waals surface area (Å²) in [5.41, 5.74) is 0. The lowest BCUT2D eigenvalue weighted by Crippen LogP contribution is -2.22. The van der Waals surface area contributed by atoms with Crippen molar-refractivity contribution in [2.45, 2.75) is 31.4 Å². The third-order valence-electron chi connectivity index (χ3n) is 3.02. The summed E-state index contributed by atoms with van der Waals surface area (Å²) in [6.45, 7) is 3.61. The Labute approximate surface area is 104 Å². The molecule has 1 unspecified atom stereocenters. The normalized spacial score (nSPS) is 23.8. The fraction of sp³-hybridized carbons (Fsp3) is 0.727. The Morgan fingerprint density at radius 2 is 2.35 bits per heavy atom. The summed E-state index contributed by atoms with van der Waals surface area (Å²) in [7, 11) is 0. The summed E-state index contributed by atoms with van der Waals surface area (Å²) in [4.78, 5) is 8.68. The van der Waals surface area contributed by atoms with Gasteiger partial charge in [0.15, 0.2) is 11.0 Å². The zero-order valence-electron chi connectivity index (χ0n) is 9.85. The smallest absolute Gasteiger partial charge is 0.223 e. The van der Waals surface area contributed by atoms with Crippen molar-refractivity contribution >= 4 is 16.9 Å². The van der Waals surface area contributed by atoms with Crippen molar-refractivity contribution in [3.8, 4) is 0 Å². The van der Waals surface area contributed by atoms with E-state index >= 15 is 0 Å². The predicted molar refractivity (Wildman–Crippen MR) is 67.1 cm³/mol. The first kappa shape index (κ1) is 11.1. The van der Waals surface area contributed by atoms with Crippen molar-refractivity contribution in [3.63, 3.8) is 0 Å². The number of aryl methyl sites for hydroxylation is 1. The molecule has 0 radical (unpaired) electrons. The van der Waals surface area contributed by atoms with Gasteiger partial charge in [-0.3, -0.25) is 4.99 Å². The van der Waals surface area contributed by atoms with E-state index in [4.69, 9.17) is 4.52 Å². The van der Waals surface area contributed by atoms with E-state index in [0.717, 1.165) is 41.7 Å². The van der Waals surface area contributed by atoms with Crippen LogP contribution in [0.3, 0.4) is 0 Å². The van der Waals surface area contributed by atoms with Gasteiger partial charge in [0.1, 0.15) is 0 Å². The molecule has 1 aromatic heterocycles. The van der Waals surface area contributed by atoms with E-state index in [1.165, 1.54) is 12.8 Å². The van der Waals surface area contributed by atoms with Crippen LogP contribution in [0.25, 0.3) is 0 Å². The largest absolute Gasteiger partial charge is 0.364 e. The summed E-state index contributed by atoms with van der Waals surface area (Å²) in [6.07, 6.45) is 3.57. The average molecular weight is 252 g/mol. The third kappa shape index (κ3) is 2.80. The maximum Gasteiger partial charge on any atom is 0.223 e. The highest BCUT2D eigenvalue weighted by Gasteiger charge is 2.35. The highest BCUT2D eigenvalue weighted by Crippen LogP contribution is 2.41. The lowest BCUT2D eigenvalue weighted by atomic mass is 10.3. The molecular weight excluding hydrogens is 236 g/mol. The molecule has 0 spiro atoms. The Morgan fingerprint density at radius 1 is 1.47 bits per heavy atom. The quantitative estimate of drug-likeness (QED) is 0.877. The first-order chi connectivity index (χ1) is 8.31. The number of amidine groups is 1. The van der Waals surface area contributed by atoms with Gasteiger partial charge in [0.2, 0.25) is 5.89 Å². The Bertz CT molecular complexity index is 427. The number of nitrogens with one attached hydrogen (secondary N) is 1. The lowest BCUT2D eigenvalue weighted by Gasteiger charge is -2.06. The monoisotopic (exact) mass is 252 g/mol. The number of aromatic nitrogens is 2. The van der Waals surface area contributed by atoms with E-state index in [0.29, 0.717) is 5.89 Å². The van der Waals surface area contributed by atoms with Crippen molar-refractivity contribution in [3.05, 3.63) is 11.7 Å². The van der Waals surface area contributed by atoms with E-state index in [9.17, 15) is 0 Å². The zero-order chi connectivity index (χ0) is 11.7. The molecule has 1 fully saturated rings. The molecule has 5 nitrogen and oxygen atoms in total. The maximum atomic E-state index is 4.92. The predicted octanol–water partition coefficient (Wildman–Crippen LogP) is 1.39. The topological polar surface area (TPSA) is 63.3 Å². The third-order valence-corrected chi connectivity index (χ3v) is 4.35. The highest BCUT2D eigenvalue weighted by atomic mass is 32.2. The van der Waals surface area contributed by atoms with Crippen molar-refractivity contribution < 1.29 is 4.52 Å². The van der Waals surface area contributed by atoms with E-state index in [1.54, 1.807) is 6.92 Å². The van der Waals surface area contributed by atoms with Crippen molar-refractivity contribution in [1.29, 1.82) is 0 Å². The van der Waals surface area contributed by atoms with Crippen LogP contribution in [0.5, 0.6) is 0 Å². The number of aliphatic imine (C=N–C) groups is 1. The molecule has 1 saturated carbocycles. The molecule has 3 rings (SSSR count). The van der Waals surface area contributed by atoms with E-state index in [2.05, 4.69) is 20.4 Å². The van der Waals surface area contributed by atoms with Crippen LogP contribution in [0, 0.1) is 12.8 Å². The fourth-order valence-corrected chi connectivity index (χ4v) is 3.16. The van der Waals surface area contributed by atoms with Crippen LogP contribution in [0.1, 0.15) is 24.6 Å². The first-order valence-corrected chi connectivity index (χ1v) is 6.93. The van der Waals surface area contributed by atoms with Crippen LogP contribution < -0.4 is 5.32 Å². The summed E-state index contributed by atoms with van der Waals surface area (Å²) in [6, 6.07) is 0. The minimum Gasteiger partial charge on any atom is -0.364 e. The van der Waals surface area contributed by atoms with Crippen LogP contribution in [-0.4, -0.2) is 33.6 Å². The minimum atomic E-state index is 0.626. The SMILES string of the molecule is Cc1nc(CCNC2=NCC(C3CC3)S2)no1. The Balaban J connectivity index is 1.40. The van der Waals surface area contributed by atoms with Gasteiger partial charge in [-0.05, 0) is 18.8 Å². The van der Waals surface area contributed by atoms with E-state index in [-0.39, 0.29) is 0 Å². The van der Waals surface area contributed by atoms with Crippen LogP contribution in [0.4, 0.5) is 0 Å². The van der Waals surface area contributed by atoms with Gasteiger partial charge < -0.3 is 9.84 Å². The molecule has 17 heavy (non-hydrogen) atoms. The van der Waals surface area contributed by atoms with Crippen LogP contribution in [0.2, 0.25) is 0 Å². The molecular formula is C11H16N4OS. The fourth-order valence-electron chi connectivity index (χ4n) is 1.93. The number of thioether (sulfide) groups is 1. The molecule has 1 N–H and O–H groups in total. The number of hydrogen-bond acceptors (Lipinski definition) is 6. The highest BCUT2D eigenvalue weighted by molar-refractivity contribution is 8.14. The molecule has 0 bridgehead atoms. The van der Waals surface area contributed by atoms with Crippen molar-refractivity contribution in [2.75, 3.05) is 13.1 Å². The number of rotatable bonds is 4. The van der Waals surface area contributed by atoms with Gasteiger partial charge in [0.05, 0.1) is 6.54 Å².